The lowest BCUT2D eigenvalue weighted by molar-refractivity contribution is -0.132. The Bertz CT molecular complexity index is 373. The van der Waals surface area contributed by atoms with E-state index >= 15 is 0 Å². The van der Waals surface area contributed by atoms with Crippen LogP contribution < -0.4 is 10.6 Å². The van der Waals surface area contributed by atoms with Gasteiger partial charge in [-0.3, -0.25) is 14.9 Å². The van der Waals surface area contributed by atoms with Gasteiger partial charge in [-0.1, -0.05) is 0 Å². The summed E-state index contributed by atoms with van der Waals surface area (Å²) in [7, 11) is 3.47. The maximum absolute atomic E-state index is 11.9. The van der Waals surface area contributed by atoms with E-state index in [9.17, 15) is 14.4 Å². The summed E-state index contributed by atoms with van der Waals surface area (Å²) in [6.07, 6.45) is 0. The Morgan fingerprint density at radius 1 is 1.42 bits per heavy atom. The van der Waals surface area contributed by atoms with Crippen molar-refractivity contribution in [1.29, 1.82) is 0 Å². The smallest absolute Gasteiger partial charge is 0.325 e. The van der Waals surface area contributed by atoms with Crippen LogP contribution in [0.2, 0.25) is 0 Å². The lowest BCUT2D eigenvalue weighted by Gasteiger charge is -2.29. The monoisotopic (exact) mass is 292 g/mol. The number of hydrogen-bond donors (Lipinski definition) is 2. The third-order valence-electron chi connectivity index (χ3n) is 3.11. The Kier molecular flexibility index (Phi) is 6.24. The molecular weight excluding hydrogens is 272 g/mol. The van der Waals surface area contributed by atoms with Crippen LogP contribution in [0.5, 0.6) is 0 Å². The molecule has 4 amide bonds. The predicted molar refractivity (Wildman–Crippen MR) is 73.1 cm³/mol. The fraction of sp³-hybridized carbons (Fsp3) is 0.727. The summed E-state index contributed by atoms with van der Waals surface area (Å²) in [5, 5.41) is 5.15. The molecule has 1 aliphatic heterocycles. The van der Waals surface area contributed by atoms with E-state index in [0.29, 0.717) is 13.1 Å². The maximum Gasteiger partial charge on any atom is 0.325 e. The van der Waals surface area contributed by atoms with Crippen LogP contribution in [0.15, 0.2) is 0 Å². The molecule has 0 radical (unpaired) electrons. The molecule has 2 N–H and O–H groups in total. The van der Waals surface area contributed by atoms with Gasteiger partial charge in [0.1, 0.15) is 12.1 Å². The molecule has 0 aromatic carbocycles. The van der Waals surface area contributed by atoms with Gasteiger partial charge in [-0.15, -0.1) is 12.4 Å². The number of urea groups is 1. The molecule has 0 spiro atoms. The van der Waals surface area contributed by atoms with Gasteiger partial charge >= 0.3 is 6.03 Å². The second-order valence-electron chi connectivity index (χ2n) is 4.82. The SMILES string of the molecule is CNCCN(C)C(=O)CN1C(=O)NC(=O)C1(C)C.Cl. The van der Waals surface area contributed by atoms with E-state index in [1.54, 1.807) is 27.9 Å². The van der Waals surface area contributed by atoms with Crippen LogP contribution in [0.3, 0.4) is 0 Å². The summed E-state index contributed by atoms with van der Waals surface area (Å²) in [6, 6.07) is -0.514. The Morgan fingerprint density at radius 3 is 2.42 bits per heavy atom. The number of likely N-dealkylation sites (N-methyl/N-ethyl adjacent to an activating group) is 2. The molecule has 0 aliphatic carbocycles. The number of amides is 4. The summed E-state index contributed by atoms with van der Waals surface area (Å²) >= 11 is 0. The number of rotatable bonds is 5. The number of nitrogens with zero attached hydrogens (tertiary/aromatic N) is 2. The van der Waals surface area contributed by atoms with Crippen molar-refractivity contribution in [2.45, 2.75) is 19.4 Å². The van der Waals surface area contributed by atoms with Crippen molar-refractivity contribution >= 4 is 30.3 Å². The third-order valence-corrected chi connectivity index (χ3v) is 3.11. The van der Waals surface area contributed by atoms with Crippen LogP contribution in [0.1, 0.15) is 13.8 Å². The highest BCUT2D eigenvalue weighted by Gasteiger charge is 2.46. The normalized spacial score (nSPS) is 16.9. The number of nitrogens with one attached hydrogen (secondary N) is 2. The molecule has 1 fully saturated rings. The van der Waals surface area contributed by atoms with Gasteiger partial charge in [0, 0.05) is 20.1 Å². The summed E-state index contributed by atoms with van der Waals surface area (Å²) in [4.78, 5) is 37.8. The van der Waals surface area contributed by atoms with Crippen molar-refractivity contribution in [3.05, 3.63) is 0 Å². The van der Waals surface area contributed by atoms with Crippen LogP contribution in [0.25, 0.3) is 0 Å². The minimum absolute atomic E-state index is 0. The molecule has 1 heterocycles. The molecule has 0 atom stereocenters. The van der Waals surface area contributed by atoms with E-state index in [1.165, 1.54) is 9.80 Å². The molecule has 110 valence electrons. The lowest BCUT2D eigenvalue weighted by atomic mass is 10.0. The second kappa shape index (κ2) is 6.72. The van der Waals surface area contributed by atoms with Gasteiger partial charge < -0.3 is 15.1 Å². The van der Waals surface area contributed by atoms with Gasteiger partial charge in [0.15, 0.2) is 0 Å². The van der Waals surface area contributed by atoms with Crippen LogP contribution in [0, 0.1) is 0 Å². The minimum atomic E-state index is -0.976. The molecule has 19 heavy (non-hydrogen) atoms. The van der Waals surface area contributed by atoms with Crippen LogP contribution >= 0.6 is 12.4 Å². The third kappa shape index (κ3) is 3.81. The zero-order valence-corrected chi connectivity index (χ0v) is 12.5. The number of hydrogen-bond acceptors (Lipinski definition) is 4. The minimum Gasteiger partial charge on any atom is -0.343 e. The summed E-state index contributed by atoms with van der Waals surface area (Å²) in [5.41, 5.74) is -0.976. The van der Waals surface area contributed by atoms with Gasteiger partial charge in [0.05, 0.1) is 0 Å². The largest absolute Gasteiger partial charge is 0.343 e. The van der Waals surface area contributed by atoms with Crippen molar-refractivity contribution < 1.29 is 14.4 Å². The first-order valence-corrected chi connectivity index (χ1v) is 5.82. The molecule has 0 bridgehead atoms. The average Bonchev–Trinajstić information content (AvgIpc) is 2.48. The van der Waals surface area contributed by atoms with Crippen LogP contribution in [0.4, 0.5) is 4.79 Å². The quantitative estimate of drug-likeness (QED) is 0.664. The highest BCUT2D eigenvalue weighted by Crippen LogP contribution is 2.20. The van der Waals surface area contributed by atoms with Gasteiger partial charge in [-0.2, -0.15) is 0 Å². The summed E-state index contributed by atoms with van der Waals surface area (Å²) in [5.74, 6) is -0.568. The maximum atomic E-state index is 11.9. The number of imide groups is 1. The molecule has 1 rings (SSSR count). The summed E-state index contributed by atoms with van der Waals surface area (Å²) in [6.45, 7) is 4.38. The highest BCUT2D eigenvalue weighted by atomic mass is 35.5. The standard InChI is InChI=1S/C11H20N4O3.ClH/c1-11(2)9(17)13-10(18)15(11)7-8(16)14(4)6-5-12-3;/h12H,5-7H2,1-4H3,(H,13,17,18);1H. The first kappa shape index (κ1) is 17.7. The molecule has 0 aromatic heterocycles. The Balaban J connectivity index is 0.00000324. The number of halogens is 1. The van der Waals surface area contributed by atoms with E-state index < -0.39 is 11.6 Å². The zero-order chi connectivity index (χ0) is 13.9. The zero-order valence-electron chi connectivity index (χ0n) is 11.6. The van der Waals surface area contributed by atoms with Gasteiger partial charge in [0.25, 0.3) is 5.91 Å². The average molecular weight is 293 g/mol. The van der Waals surface area contributed by atoms with Crippen molar-refractivity contribution in [2.24, 2.45) is 0 Å². The first-order chi connectivity index (χ1) is 8.30. The van der Waals surface area contributed by atoms with Gasteiger partial charge in [-0.25, -0.2) is 4.79 Å². The fourth-order valence-corrected chi connectivity index (χ4v) is 1.62. The first-order valence-electron chi connectivity index (χ1n) is 5.82. The fourth-order valence-electron chi connectivity index (χ4n) is 1.62. The van der Waals surface area contributed by atoms with E-state index in [4.69, 9.17) is 0 Å². The Hall–Kier alpha value is -1.34. The van der Waals surface area contributed by atoms with E-state index in [0.717, 1.165) is 0 Å². The number of carbonyl (C=O) groups excluding carboxylic acids is 3. The van der Waals surface area contributed by atoms with Crippen LogP contribution in [-0.4, -0.2) is 66.9 Å². The molecule has 1 saturated heterocycles. The van der Waals surface area contributed by atoms with Crippen molar-refractivity contribution in [3.8, 4) is 0 Å². The van der Waals surface area contributed by atoms with Crippen molar-refractivity contribution in [2.75, 3.05) is 33.7 Å². The van der Waals surface area contributed by atoms with Crippen molar-refractivity contribution in [1.82, 2.24) is 20.4 Å². The topological polar surface area (TPSA) is 81.8 Å². The lowest BCUT2D eigenvalue weighted by Crippen LogP contribution is -2.49. The highest BCUT2D eigenvalue weighted by molar-refractivity contribution is 6.07. The van der Waals surface area contributed by atoms with Crippen molar-refractivity contribution in [3.63, 3.8) is 0 Å². The molecular formula is C11H21ClN4O3. The second-order valence-corrected chi connectivity index (χ2v) is 4.82. The van der Waals surface area contributed by atoms with E-state index in [1.807, 2.05) is 0 Å². The molecule has 0 aromatic rings. The van der Waals surface area contributed by atoms with Gasteiger partial charge in [0.2, 0.25) is 5.91 Å². The summed E-state index contributed by atoms with van der Waals surface area (Å²) < 4.78 is 0. The van der Waals surface area contributed by atoms with E-state index in [2.05, 4.69) is 10.6 Å². The molecule has 8 heteroatoms. The Labute approximate surface area is 119 Å². The van der Waals surface area contributed by atoms with Gasteiger partial charge in [-0.05, 0) is 20.9 Å². The van der Waals surface area contributed by atoms with Crippen LogP contribution in [-0.2, 0) is 9.59 Å². The van der Waals surface area contributed by atoms with E-state index in [-0.39, 0.29) is 30.8 Å². The molecule has 0 saturated carbocycles. The Morgan fingerprint density at radius 2 is 2.00 bits per heavy atom. The predicted octanol–water partition coefficient (Wildman–Crippen LogP) is -0.584. The number of carbonyl (C=O) groups is 3. The molecule has 0 unspecified atom stereocenters. The molecule has 1 aliphatic rings. The molecule has 7 nitrogen and oxygen atoms in total.